The van der Waals surface area contributed by atoms with E-state index in [1.165, 1.54) is 32.1 Å². The van der Waals surface area contributed by atoms with E-state index in [-0.39, 0.29) is 0 Å². The van der Waals surface area contributed by atoms with Crippen molar-refractivity contribution in [1.29, 1.82) is 0 Å². The molecule has 1 fully saturated rings. The van der Waals surface area contributed by atoms with Gasteiger partial charge in [-0.1, -0.05) is 26.2 Å². The van der Waals surface area contributed by atoms with Gasteiger partial charge in [0.05, 0.1) is 0 Å². The number of nitrogens with zero attached hydrogens (tertiary/aromatic N) is 1. The minimum atomic E-state index is 0.675. The zero-order chi connectivity index (χ0) is 7.23. The summed E-state index contributed by atoms with van der Waals surface area (Å²) in [6.45, 7) is 2.15. The van der Waals surface area contributed by atoms with Crippen LogP contribution in [0, 0.1) is 0 Å². The number of hydrogen-bond acceptors (Lipinski definition) is 1. The Morgan fingerprint density at radius 3 is 2.60 bits per heavy atom. The Morgan fingerprint density at radius 2 is 2.00 bits per heavy atom. The summed E-state index contributed by atoms with van der Waals surface area (Å²) in [6.07, 6.45) is 10.0. The van der Waals surface area contributed by atoms with E-state index < -0.39 is 0 Å². The number of aliphatic imine (C=N–C) groups is 1. The first kappa shape index (κ1) is 7.77. The third-order valence-electron chi connectivity index (χ3n) is 2.07. The third kappa shape index (κ3) is 2.51. The Morgan fingerprint density at radius 1 is 1.30 bits per heavy atom. The zero-order valence-corrected chi connectivity index (χ0v) is 6.84. The van der Waals surface area contributed by atoms with Crippen LogP contribution in [0.15, 0.2) is 4.99 Å². The summed E-state index contributed by atoms with van der Waals surface area (Å²) in [4.78, 5) is 4.48. The molecule has 0 aromatic heterocycles. The SMILES string of the molecule is CCC=NC1CCCCC1. The van der Waals surface area contributed by atoms with Gasteiger partial charge in [-0.2, -0.15) is 0 Å². The first-order valence-corrected chi connectivity index (χ1v) is 4.45. The fraction of sp³-hybridized carbons (Fsp3) is 0.889. The summed E-state index contributed by atoms with van der Waals surface area (Å²) in [5, 5.41) is 0. The first-order chi connectivity index (χ1) is 4.93. The molecular formula is C9H17N. The van der Waals surface area contributed by atoms with E-state index in [9.17, 15) is 0 Å². The van der Waals surface area contributed by atoms with Crippen molar-refractivity contribution in [1.82, 2.24) is 0 Å². The van der Waals surface area contributed by atoms with Crippen molar-refractivity contribution in [2.45, 2.75) is 51.5 Å². The van der Waals surface area contributed by atoms with E-state index >= 15 is 0 Å². The molecular weight excluding hydrogens is 122 g/mol. The maximum Gasteiger partial charge on any atom is 0.0495 e. The van der Waals surface area contributed by atoms with Crippen LogP contribution in [0.2, 0.25) is 0 Å². The summed E-state index contributed by atoms with van der Waals surface area (Å²) in [5.74, 6) is 0. The van der Waals surface area contributed by atoms with Crippen molar-refractivity contribution < 1.29 is 0 Å². The van der Waals surface area contributed by atoms with Crippen LogP contribution >= 0.6 is 0 Å². The smallest absolute Gasteiger partial charge is 0.0495 e. The lowest BCUT2D eigenvalue weighted by Gasteiger charge is -2.16. The van der Waals surface area contributed by atoms with Gasteiger partial charge in [-0.3, -0.25) is 4.99 Å². The molecule has 0 unspecified atom stereocenters. The van der Waals surface area contributed by atoms with E-state index in [1.54, 1.807) is 0 Å². The van der Waals surface area contributed by atoms with Gasteiger partial charge in [0.1, 0.15) is 0 Å². The van der Waals surface area contributed by atoms with E-state index in [0.29, 0.717) is 6.04 Å². The second kappa shape index (κ2) is 4.48. The van der Waals surface area contributed by atoms with Gasteiger partial charge in [-0.15, -0.1) is 0 Å². The molecule has 0 bridgehead atoms. The molecule has 0 atom stereocenters. The van der Waals surface area contributed by atoms with Gasteiger partial charge in [0.2, 0.25) is 0 Å². The highest BCUT2D eigenvalue weighted by atomic mass is 14.8. The largest absolute Gasteiger partial charge is 0.294 e. The average Bonchev–Trinajstić information content (AvgIpc) is 2.03. The molecule has 0 radical (unpaired) electrons. The van der Waals surface area contributed by atoms with Gasteiger partial charge < -0.3 is 0 Å². The lowest BCUT2D eigenvalue weighted by atomic mass is 9.96. The molecule has 0 spiro atoms. The molecule has 0 amide bonds. The van der Waals surface area contributed by atoms with E-state index in [0.717, 1.165) is 6.42 Å². The standard InChI is InChI=1S/C9H17N/c1-2-8-10-9-6-4-3-5-7-9/h8-9H,2-7H2,1H3. The molecule has 1 saturated carbocycles. The van der Waals surface area contributed by atoms with E-state index in [4.69, 9.17) is 0 Å². The quantitative estimate of drug-likeness (QED) is 0.522. The second-order valence-corrected chi connectivity index (χ2v) is 3.03. The Hall–Kier alpha value is -0.330. The van der Waals surface area contributed by atoms with Crippen LogP contribution in [-0.2, 0) is 0 Å². The highest BCUT2D eigenvalue weighted by molar-refractivity contribution is 5.56. The molecule has 58 valence electrons. The molecule has 1 heteroatoms. The predicted octanol–water partition coefficient (Wildman–Crippen LogP) is 2.80. The average molecular weight is 139 g/mol. The van der Waals surface area contributed by atoms with Crippen molar-refractivity contribution in [3.8, 4) is 0 Å². The second-order valence-electron chi connectivity index (χ2n) is 3.03. The van der Waals surface area contributed by atoms with Crippen LogP contribution < -0.4 is 0 Å². The summed E-state index contributed by atoms with van der Waals surface area (Å²) in [7, 11) is 0. The minimum Gasteiger partial charge on any atom is -0.294 e. The van der Waals surface area contributed by atoms with Crippen LogP contribution in [0.5, 0.6) is 0 Å². The maximum atomic E-state index is 4.48. The summed E-state index contributed by atoms with van der Waals surface area (Å²) in [6, 6.07) is 0.675. The highest BCUT2D eigenvalue weighted by Crippen LogP contribution is 2.19. The van der Waals surface area contributed by atoms with Crippen molar-refractivity contribution in [2.75, 3.05) is 0 Å². The van der Waals surface area contributed by atoms with Crippen LogP contribution in [0.1, 0.15) is 45.4 Å². The molecule has 0 aromatic rings. The van der Waals surface area contributed by atoms with Gasteiger partial charge in [0, 0.05) is 6.04 Å². The monoisotopic (exact) mass is 139 g/mol. The third-order valence-corrected chi connectivity index (χ3v) is 2.07. The molecule has 10 heavy (non-hydrogen) atoms. The van der Waals surface area contributed by atoms with Gasteiger partial charge in [0.25, 0.3) is 0 Å². The first-order valence-electron chi connectivity index (χ1n) is 4.45. The van der Waals surface area contributed by atoms with Crippen molar-refractivity contribution in [2.24, 2.45) is 4.99 Å². The number of hydrogen-bond donors (Lipinski definition) is 0. The molecule has 1 aliphatic carbocycles. The molecule has 0 N–H and O–H groups in total. The normalized spacial score (nSPS) is 22.1. The van der Waals surface area contributed by atoms with E-state index in [2.05, 4.69) is 18.1 Å². The highest BCUT2D eigenvalue weighted by Gasteiger charge is 2.09. The topological polar surface area (TPSA) is 12.4 Å². The predicted molar refractivity (Wildman–Crippen MR) is 45.7 cm³/mol. The lowest BCUT2D eigenvalue weighted by Crippen LogP contribution is -2.09. The molecule has 0 aliphatic heterocycles. The zero-order valence-electron chi connectivity index (χ0n) is 6.84. The van der Waals surface area contributed by atoms with Crippen molar-refractivity contribution in [3.05, 3.63) is 0 Å². The van der Waals surface area contributed by atoms with Gasteiger partial charge in [0.15, 0.2) is 0 Å². The molecule has 1 aliphatic rings. The fourth-order valence-electron chi connectivity index (χ4n) is 1.48. The van der Waals surface area contributed by atoms with Gasteiger partial charge in [-0.05, 0) is 25.5 Å². The Bertz CT molecular complexity index is 101. The Balaban J connectivity index is 2.19. The van der Waals surface area contributed by atoms with E-state index in [1.807, 2.05) is 0 Å². The Labute approximate surface area is 63.5 Å². The fourth-order valence-corrected chi connectivity index (χ4v) is 1.48. The number of rotatable bonds is 2. The van der Waals surface area contributed by atoms with Crippen LogP contribution in [0.3, 0.4) is 0 Å². The molecule has 1 rings (SSSR count). The lowest BCUT2D eigenvalue weighted by molar-refractivity contribution is 0.444. The summed E-state index contributed by atoms with van der Waals surface area (Å²) >= 11 is 0. The minimum absolute atomic E-state index is 0.675. The Kier molecular flexibility index (Phi) is 3.48. The maximum absolute atomic E-state index is 4.48. The molecule has 0 saturated heterocycles. The van der Waals surface area contributed by atoms with Crippen LogP contribution in [-0.4, -0.2) is 12.3 Å². The molecule has 0 aromatic carbocycles. The van der Waals surface area contributed by atoms with Crippen LogP contribution in [0.4, 0.5) is 0 Å². The summed E-state index contributed by atoms with van der Waals surface area (Å²) in [5.41, 5.74) is 0. The van der Waals surface area contributed by atoms with Gasteiger partial charge >= 0.3 is 0 Å². The van der Waals surface area contributed by atoms with Gasteiger partial charge in [-0.25, -0.2) is 0 Å². The van der Waals surface area contributed by atoms with Crippen molar-refractivity contribution >= 4 is 6.21 Å². The van der Waals surface area contributed by atoms with Crippen molar-refractivity contribution in [3.63, 3.8) is 0 Å². The molecule has 0 heterocycles. The molecule has 1 nitrogen and oxygen atoms in total. The summed E-state index contributed by atoms with van der Waals surface area (Å²) < 4.78 is 0. The van der Waals surface area contributed by atoms with Crippen LogP contribution in [0.25, 0.3) is 0 Å².